The molecule has 0 fully saturated rings. The average Bonchev–Trinajstić information content (AvgIpc) is 3.38. The lowest BCUT2D eigenvalue weighted by molar-refractivity contribution is -0.142. The molecule has 176 valence electrons. The van der Waals surface area contributed by atoms with Gasteiger partial charge in [-0.1, -0.05) is 56.8 Å². The third-order valence-corrected chi connectivity index (χ3v) is 6.58. The van der Waals surface area contributed by atoms with E-state index in [2.05, 4.69) is 65.5 Å². The highest BCUT2D eigenvalue weighted by Gasteiger charge is 2.17. The van der Waals surface area contributed by atoms with Crippen molar-refractivity contribution >= 4 is 40.1 Å². The van der Waals surface area contributed by atoms with Crippen molar-refractivity contribution in [2.45, 2.75) is 58.2 Å². The standard InChI is InChI=1S/C23H29N5O3S2/c1-6-28-20(15-8-10-16(11-9-15)23(3,4)5)26-27-22(28)33-14-18(29)25-21-24-17(13-32-21)12-19(30)31-7-2/h8-11,13H,6-7,12,14H2,1-5H3,(H,24,25,29). The second-order valence-electron chi connectivity index (χ2n) is 8.34. The van der Waals surface area contributed by atoms with E-state index in [9.17, 15) is 9.59 Å². The minimum atomic E-state index is -0.334. The summed E-state index contributed by atoms with van der Waals surface area (Å²) in [6.45, 7) is 11.4. The molecule has 0 unspecified atom stereocenters. The van der Waals surface area contributed by atoms with Crippen LogP contribution in [0.1, 0.15) is 45.9 Å². The Balaban J connectivity index is 1.61. The summed E-state index contributed by atoms with van der Waals surface area (Å²) in [5.74, 6) is 0.426. The van der Waals surface area contributed by atoms with Crippen molar-refractivity contribution in [3.63, 3.8) is 0 Å². The number of esters is 1. The van der Waals surface area contributed by atoms with Crippen LogP contribution in [0.4, 0.5) is 5.13 Å². The van der Waals surface area contributed by atoms with Crippen LogP contribution in [0.15, 0.2) is 34.8 Å². The third-order valence-electron chi connectivity index (χ3n) is 4.80. The zero-order valence-corrected chi connectivity index (χ0v) is 21.2. The van der Waals surface area contributed by atoms with Crippen LogP contribution in [0.5, 0.6) is 0 Å². The Kier molecular flexibility index (Phi) is 8.25. The number of thioether (sulfide) groups is 1. The van der Waals surface area contributed by atoms with Gasteiger partial charge in [0, 0.05) is 17.5 Å². The molecule has 2 heterocycles. The van der Waals surface area contributed by atoms with Crippen LogP contribution >= 0.6 is 23.1 Å². The predicted molar refractivity (Wildman–Crippen MR) is 132 cm³/mol. The molecule has 0 radical (unpaired) electrons. The Bertz CT molecular complexity index is 1100. The molecule has 3 aromatic rings. The summed E-state index contributed by atoms with van der Waals surface area (Å²) in [6.07, 6.45) is 0.0913. The van der Waals surface area contributed by atoms with Crippen LogP contribution in [0.3, 0.4) is 0 Å². The Morgan fingerprint density at radius 1 is 1.15 bits per heavy atom. The van der Waals surface area contributed by atoms with Gasteiger partial charge in [-0.3, -0.25) is 9.59 Å². The van der Waals surface area contributed by atoms with E-state index in [0.29, 0.717) is 29.1 Å². The number of amides is 1. The fourth-order valence-electron chi connectivity index (χ4n) is 3.10. The van der Waals surface area contributed by atoms with Crippen molar-refractivity contribution < 1.29 is 14.3 Å². The Labute approximate surface area is 202 Å². The molecule has 0 saturated carbocycles. The molecule has 1 amide bonds. The van der Waals surface area contributed by atoms with Crippen molar-refractivity contribution in [1.82, 2.24) is 19.7 Å². The monoisotopic (exact) mass is 487 g/mol. The quantitative estimate of drug-likeness (QED) is 0.349. The fraction of sp³-hybridized carbons (Fsp3) is 0.435. The maximum absolute atomic E-state index is 12.4. The molecule has 3 rings (SSSR count). The number of thiazole rings is 1. The van der Waals surface area contributed by atoms with E-state index in [1.807, 2.05) is 11.5 Å². The zero-order chi connectivity index (χ0) is 24.0. The van der Waals surface area contributed by atoms with Gasteiger partial charge in [0.1, 0.15) is 0 Å². The summed E-state index contributed by atoms with van der Waals surface area (Å²) in [6, 6.07) is 8.37. The molecule has 0 spiro atoms. The Morgan fingerprint density at radius 2 is 1.88 bits per heavy atom. The minimum absolute atomic E-state index is 0.0856. The number of nitrogens with zero attached hydrogens (tertiary/aromatic N) is 4. The third kappa shape index (κ3) is 6.64. The number of carbonyl (C=O) groups is 2. The van der Waals surface area contributed by atoms with Crippen molar-refractivity contribution in [2.75, 3.05) is 17.7 Å². The van der Waals surface area contributed by atoms with E-state index in [1.54, 1.807) is 12.3 Å². The van der Waals surface area contributed by atoms with Gasteiger partial charge < -0.3 is 14.6 Å². The molecule has 0 aliphatic rings. The second-order valence-corrected chi connectivity index (χ2v) is 10.1. The van der Waals surface area contributed by atoms with E-state index in [4.69, 9.17) is 4.74 Å². The number of anilines is 1. The molecular formula is C23H29N5O3S2. The van der Waals surface area contributed by atoms with Crippen molar-refractivity contribution in [3.05, 3.63) is 40.9 Å². The van der Waals surface area contributed by atoms with Crippen molar-refractivity contribution in [2.24, 2.45) is 0 Å². The maximum Gasteiger partial charge on any atom is 0.311 e. The van der Waals surface area contributed by atoms with Crippen LogP contribution < -0.4 is 5.32 Å². The molecule has 8 nitrogen and oxygen atoms in total. The Morgan fingerprint density at radius 3 is 2.52 bits per heavy atom. The molecule has 0 aliphatic carbocycles. The van der Waals surface area contributed by atoms with Crippen LogP contribution in [0, 0.1) is 0 Å². The smallest absolute Gasteiger partial charge is 0.311 e. The Hall–Kier alpha value is -2.72. The molecule has 10 heteroatoms. The normalized spacial score (nSPS) is 11.4. The first-order valence-electron chi connectivity index (χ1n) is 10.8. The highest BCUT2D eigenvalue weighted by molar-refractivity contribution is 7.99. The van der Waals surface area contributed by atoms with Crippen molar-refractivity contribution in [1.29, 1.82) is 0 Å². The van der Waals surface area contributed by atoms with E-state index in [1.165, 1.54) is 28.7 Å². The first kappa shape index (κ1) is 24.9. The first-order valence-corrected chi connectivity index (χ1v) is 12.6. The molecule has 0 saturated heterocycles. The van der Waals surface area contributed by atoms with Gasteiger partial charge in [0.25, 0.3) is 0 Å². The molecule has 0 bridgehead atoms. The van der Waals surface area contributed by atoms with Gasteiger partial charge in [-0.25, -0.2) is 4.98 Å². The molecule has 2 aromatic heterocycles. The summed E-state index contributed by atoms with van der Waals surface area (Å²) in [7, 11) is 0. The van der Waals surface area contributed by atoms with Crippen LogP contribution in [-0.2, 0) is 32.7 Å². The zero-order valence-electron chi connectivity index (χ0n) is 19.5. The van der Waals surface area contributed by atoms with Gasteiger partial charge in [-0.2, -0.15) is 0 Å². The minimum Gasteiger partial charge on any atom is -0.466 e. The van der Waals surface area contributed by atoms with Gasteiger partial charge in [0.15, 0.2) is 16.1 Å². The maximum atomic E-state index is 12.4. The van der Waals surface area contributed by atoms with E-state index in [0.717, 1.165) is 11.4 Å². The predicted octanol–water partition coefficient (Wildman–Crippen LogP) is 4.56. The summed E-state index contributed by atoms with van der Waals surface area (Å²) in [5.41, 5.74) is 2.91. The highest BCUT2D eigenvalue weighted by Crippen LogP contribution is 2.28. The number of aromatic nitrogens is 4. The molecular weight excluding hydrogens is 458 g/mol. The van der Waals surface area contributed by atoms with Gasteiger partial charge in [0.05, 0.1) is 24.5 Å². The average molecular weight is 488 g/mol. The van der Waals surface area contributed by atoms with E-state index < -0.39 is 0 Å². The largest absolute Gasteiger partial charge is 0.466 e. The SMILES string of the molecule is CCOC(=O)Cc1csc(NC(=O)CSc2nnc(-c3ccc(C(C)(C)C)cc3)n2CC)n1. The molecule has 33 heavy (non-hydrogen) atoms. The van der Waals surface area contributed by atoms with E-state index >= 15 is 0 Å². The summed E-state index contributed by atoms with van der Waals surface area (Å²) < 4.78 is 6.92. The number of ether oxygens (including phenoxy) is 1. The fourth-order valence-corrected chi connectivity index (χ4v) is 4.63. The number of hydrogen-bond donors (Lipinski definition) is 1. The summed E-state index contributed by atoms with van der Waals surface area (Å²) in [4.78, 5) is 28.3. The molecule has 0 atom stereocenters. The lowest BCUT2D eigenvalue weighted by atomic mass is 9.87. The highest BCUT2D eigenvalue weighted by atomic mass is 32.2. The summed E-state index contributed by atoms with van der Waals surface area (Å²) >= 11 is 2.60. The van der Waals surface area contributed by atoms with Gasteiger partial charge >= 0.3 is 5.97 Å². The lowest BCUT2D eigenvalue weighted by Crippen LogP contribution is -2.15. The molecule has 0 aliphatic heterocycles. The number of rotatable bonds is 9. The number of carbonyl (C=O) groups excluding carboxylic acids is 2. The number of benzene rings is 1. The summed E-state index contributed by atoms with van der Waals surface area (Å²) in [5, 5.41) is 14.3. The van der Waals surface area contributed by atoms with Gasteiger partial charge in [-0.05, 0) is 24.8 Å². The van der Waals surface area contributed by atoms with Crippen LogP contribution in [0.25, 0.3) is 11.4 Å². The topological polar surface area (TPSA) is 99.0 Å². The van der Waals surface area contributed by atoms with Gasteiger partial charge in [-0.15, -0.1) is 21.5 Å². The number of nitrogens with one attached hydrogen (secondary N) is 1. The van der Waals surface area contributed by atoms with E-state index in [-0.39, 0.29) is 29.5 Å². The number of hydrogen-bond acceptors (Lipinski definition) is 8. The lowest BCUT2D eigenvalue weighted by Gasteiger charge is -2.19. The van der Waals surface area contributed by atoms with Crippen molar-refractivity contribution in [3.8, 4) is 11.4 Å². The van der Waals surface area contributed by atoms with Gasteiger partial charge in [0.2, 0.25) is 5.91 Å². The first-order chi connectivity index (χ1) is 15.7. The van der Waals surface area contributed by atoms with Crippen LogP contribution in [0.2, 0.25) is 0 Å². The molecule has 1 N–H and O–H groups in total. The molecule has 1 aromatic carbocycles. The second kappa shape index (κ2) is 10.9. The van der Waals surface area contributed by atoms with Crippen LogP contribution in [-0.4, -0.2) is 44.0 Å².